The van der Waals surface area contributed by atoms with Crippen LogP contribution in [0.25, 0.3) is 17.2 Å². The van der Waals surface area contributed by atoms with Gasteiger partial charge in [-0.25, -0.2) is 0 Å². The van der Waals surface area contributed by atoms with Crippen LogP contribution in [0.2, 0.25) is 0 Å². The molecule has 144 valence electrons. The Labute approximate surface area is 178 Å². The predicted molar refractivity (Wildman–Crippen MR) is 129 cm³/mol. The Balaban J connectivity index is 1.87. The summed E-state index contributed by atoms with van der Waals surface area (Å²) < 4.78 is 0. The summed E-state index contributed by atoms with van der Waals surface area (Å²) in [5.74, 6) is 2.83. The maximum absolute atomic E-state index is 5.81. The standard InChI is InChI=1S/C29H23N/c1-3-12-28-23(4-2)15-11-18-29(28)30(26-16-9-6-10-17-26)27-21-19-25(20-22-27)24-13-7-5-8-14-24/h2-3,5-22H,1H3/b12-3-. The molecule has 0 heterocycles. The molecule has 0 N–H and O–H groups in total. The number of anilines is 3. The SMILES string of the molecule is C#Cc1cccc(N(c2ccccc2)c2ccc(-c3ccccc3)cc2)c1/C=C\C. The smallest absolute Gasteiger partial charge is 0.0546 e. The molecular weight excluding hydrogens is 362 g/mol. The van der Waals surface area contributed by atoms with E-state index in [1.165, 1.54) is 11.1 Å². The van der Waals surface area contributed by atoms with Gasteiger partial charge in [0.15, 0.2) is 0 Å². The fourth-order valence-corrected chi connectivity index (χ4v) is 3.65. The van der Waals surface area contributed by atoms with Crippen LogP contribution in [0.15, 0.2) is 109 Å². The van der Waals surface area contributed by atoms with Gasteiger partial charge in [0.1, 0.15) is 0 Å². The minimum absolute atomic E-state index is 0.882. The highest BCUT2D eigenvalue weighted by Crippen LogP contribution is 2.38. The van der Waals surface area contributed by atoms with Gasteiger partial charge in [0.25, 0.3) is 0 Å². The molecule has 0 amide bonds. The highest BCUT2D eigenvalue weighted by molar-refractivity contribution is 5.85. The fourth-order valence-electron chi connectivity index (χ4n) is 3.65. The van der Waals surface area contributed by atoms with E-state index in [-0.39, 0.29) is 0 Å². The van der Waals surface area contributed by atoms with Gasteiger partial charge in [-0.15, -0.1) is 6.42 Å². The van der Waals surface area contributed by atoms with Crippen LogP contribution in [0.3, 0.4) is 0 Å². The third-order valence-corrected chi connectivity index (χ3v) is 5.06. The number of terminal acetylenes is 1. The lowest BCUT2D eigenvalue weighted by Gasteiger charge is -2.27. The van der Waals surface area contributed by atoms with E-state index in [9.17, 15) is 0 Å². The van der Waals surface area contributed by atoms with Gasteiger partial charge < -0.3 is 4.90 Å². The van der Waals surface area contributed by atoms with Crippen molar-refractivity contribution in [3.63, 3.8) is 0 Å². The molecular formula is C29H23N. The molecule has 0 fully saturated rings. The van der Waals surface area contributed by atoms with Crippen LogP contribution < -0.4 is 4.90 Å². The normalized spacial score (nSPS) is 10.7. The van der Waals surface area contributed by atoms with Crippen molar-refractivity contribution in [3.8, 4) is 23.5 Å². The van der Waals surface area contributed by atoms with Gasteiger partial charge in [0.05, 0.1) is 5.69 Å². The highest BCUT2D eigenvalue weighted by atomic mass is 15.1. The Morgan fingerprint density at radius 2 is 1.27 bits per heavy atom. The van der Waals surface area contributed by atoms with Crippen molar-refractivity contribution in [2.45, 2.75) is 6.92 Å². The molecule has 0 saturated carbocycles. The topological polar surface area (TPSA) is 3.24 Å². The van der Waals surface area contributed by atoms with Gasteiger partial charge in [0, 0.05) is 22.5 Å². The van der Waals surface area contributed by atoms with Crippen LogP contribution in [0.4, 0.5) is 17.1 Å². The summed E-state index contributed by atoms with van der Waals surface area (Å²) in [6.45, 7) is 2.01. The average molecular weight is 386 g/mol. The molecule has 0 aliphatic carbocycles. The van der Waals surface area contributed by atoms with E-state index in [2.05, 4.69) is 95.8 Å². The second-order valence-corrected chi connectivity index (χ2v) is 6.97. The Morgan fingerprint density at radius 3 is 1.90 bits per heavy atom. The van der Waals surface area contributed by atoms with Crippen molar-refractivity contribution in [3.05, 3.63) is 120 Å². The molecule has 0 radical (unpaired) electrons. The number of para-hydroxylation sites is 1. The van der Waals surface area contributed by atoms with Gasteiger partial charge >= 0.3 is 0 Å². The fraction of sp³-hybridized carbons (Fsp3) is 0.0345. The van der Waals surface area contributed by atoms with E-state index in [1.54, 1.807) is 0 Å². The third kappa shape index (κ3) is 3.90. The summed E-state index contributed by atoms with van der Waals surface area (Å²) in [5, 5.41) is 0. The van der Waals surface area contributed by atoms with E-state index in [0.29, 0.717) is 0 Å². The molecule has 1 heteroatoms. The van der Waals surface area contributed by atoms with Crippen molar-refractivity contribution in [1.29, 1.82) is 0 Å². The molecule has 0 unspecified atom stereocenters. The van der Waals surface area contributed by atoms with Crippen LogP contribution >= 0.6 is 0 Å². The molecule has 4 rings (SSSR count). The zero-order chi connectivity index (χ0) is 20.8. The lowest BCUT2D eigenvalue weighted by atomic mass is 10.0. The first kappa shape index (κ1) is 19.3. The van der Waals surface area contributed by atoms with E-state index in [0.717, 1.165) is 28.2 Å². The quantitative estimate of drug-likeness (QED) is 0.316. The van der Waals surface area contributed by atoms with Crippen molar-refractivity contribution in [2.24, 2.45) is 0 Å². The van der Waals surface area contributed by atoms with Crippen molar-refractivity contribution >= 4 is 23.1 Å². The molecule has 1 nitrogen and oxygen atoms in total. The summed E-state index contributed by atoms with van der Waals surface area (Å²) in [6.07, 6.45) is 9.92. The second kappa shape index (κ2) is 8.99. The predicted octanol–water partition coefficient (Wildman–Crippen LogP) is 7.84. The summed E-state index contributed by atoms with van der Waals surface area (Å²) in [6, 6.07) is 35.6. The van der Waals surface area contributed by atoms with E-state index in [4.69, 9.17) is 6.42 Å². The molecule has 0 aliphatic heterocycles. The first-order valence-electron chi connectivity index (χ1n) is 10.0. The number of hydrogen-bond acceptors (Lipinski definition) is 1. The molecule has 0 spiro atoms. The zero-order valence-electron chi connectivity index (χ0n) is 17.0. The summed E-state index contributed by atoms with van der Waals surface area (Å²) in [7, 11) is 0. The van der Waals surface area contributed by atoms with E-state index < -0.39 is 0 Å². The minimum Gasteiger partial charge on any atom is -0.310 e. The molecule has 0 saturated heterocycles. The molecule has 4 aromatic rings. The lowest BCUT2D eigenvalue weighted by Crippen LogP contribution is -2.11. The monoisotopic (exact) mass is 385 g/mol. The highest BCUT2D eigenvalue weighted by Gasteiger charge is 2.16. The summed E-state index contributed by atoms with van der Waals surface area (Å²) >= 11 is 0. The number of nitrogens with zero attached hydrogens (tertiary/aromatic N) is 1. The van der Waals surface area contributed by atoms with Gasteiger partial charge in [-0.05, 0) is 54.4 Å². The minimum atomic E-state index is 0.882. The van der Waals surface area contributed by atoms with Gasteiger partial charge in [0.2, 0.25) is 0 Å². The van der Waals surface area contributed by atoms with Crippen molar-refractivity contribution < 1.29 is 0 Å². The Morgan fingerprint density at radius 1 is 0.667 bits per heavy atom. The van der Waals surface area contributed by atoms with Crippen LogP contribution in [0, 0.1) is 12.3 Å². The molecule has 0 aromatic heterocycles. The first-order valence-corrected chi connectivity index (χ1v) is 10.0. The molecule has 0 bridgehead atoms. The zero-order valence-corrected chi connectivity index (χ0v) is 17.0. The first-order chi connectivity index (χ1) is 14.8. The number of allylic oxidation sites excluding steroid dienone is 1. The van der Waals surface area contributed by atoms with Crippen LogP contribution in [0.1, 0.15) is 18.1 Å². The maximum Gasteiger partial charge on any atom is 0.0546 e. The van der Waals surface area contributed by atoms with Crippen molar-refractivity contribution in [1.82, 2.24) is 0 Å². The second-order valence-electron chi connectivity index (χ2n) is 6.97. The maximum atomic E-state index is 5.81. The lowest BCUT2D eigenvalue weighted by molar-refractivity contribution is 1.27. The average Bonchev–Trinajstić information content (AvgIpc) is 2.82. The van der Waals surface area contributed by atoms with Crippen LogP contribution in [-0.2, 0) is 0 Å². The third-order valence-electron chi connectivity index (χ3n) is 5.06. The van der Waals surface area contributed by atoms with Gasteiger partial charge in [-0.1, -0.05) is 84.8 Å². The van der Waals surface area contributed by atoms with Crippen molar-refractivity contribution in [2.75, 3.05) is 4.90 Å². The largest absolute Gasteiger partial charge is 0.310 e. The summed E-state index contributed by atoms with van der Waals surface area (Å²) in [5.41, 5.74) is 7.55. The van der Waals surface area contributed by atoms with Gasteiger partial charge in [-0.2, -0.15) is 0 Å². The Hall–Kier alpha value is -4.02. The van der Waals surface area contributed by atoms with Gasteiger partial charge in [-0.3, -0.25) is 0 Å². The molecule has 0 atom stereocenters. The van der Waals surface area contributed by atoms with E-state index in [1.807, 2.05) is 37.3 Å². The molecule has 4 aromatic carbocycles. The summed E-state index contributed by atoms with van der Waals surface area (Å²) in [4.78, 5) is 2.25. The Kier molecular flexibility index (Phi) is 5.78. The van der Waals surface area contributed by atoms with E-state index >= 15 is 0 Å². The number of benzene rings is 4. The molecule has 30 heavy (non-hydrogen) atoms. The molecule has 0 aliphatic rings. The van der Waals surface area contributed by atoms with Crippen LogP contribution in [0.5, 0.6) is 0 Å². The number of rotatable bonds is 5. The Bertz CT molecular complexity index is 1180. The van der Waals surface area contributed by atoms with Crippen LogP contribution in [-0.4, -0.2) is 0 Å². The number of hydrogen-bond donors (Lipinski definition) is 0.